The Kier molecular flexibility index (Phi) is 21.0. The fourth-order valence-electron chi connectivity index (χ4n) is 7.49. The van der Waals surface area contributed by atoms with Gasteiger partial charge in [0.25, 0.3) is 0 Å². The van der Waals surface area contributed by atoms with E-state index >= 15 is 0 Å². The number of hydrogen-bond donors (Lipinski definition) is 9. The van der Waals surface area contributed by atoms with E-state index in [9.17, 15) is 57.9 Å². The predicted octanol–water partition coefficient (Wildman–Crippen LogP) is 4.56. The van der Waals surface area contributed by atoms with Crippen molar-refractivity contribution < 1.29 is 80.5 Å². The number of nitrogens with one attached hydrogen (secondary N) is 2. The largest absolute Gasteiger partial charge is 0.481 e. The molecule has 2 aromatic heterocycles. The van der Waals surface area contributed by atoms with Gasteiger partial charge in [-0.1, -0.05) is 85.6 Å². The first-order valence-corrected chi connectivity index (χ1v) is 27.4. The maximum atomic E-state index is 13.0. The van der Waals surface area contributed by atoms with Crippen LogP contribution < -0.4 is 16.4 Å². The number of ketones is 1. The van der Waals surface area contributed by atoms with E-state index in [1.165, 1.54) is 44.2 Å². The highest BCUT2D eigenvalue weighted by Crippen LogP contribution is 2.61. The van der Waals surface area contributed by atoms with Crippen molar-refractivity contribution in [2.24, 2.45) is 16.2 Å². The molecule has 0 spiro atoms. The van der Waals surface area contributed by atoms with Gasteiger partial charge in [0.05, 0.1) is 19.5 Å². The van der Waals surface area contributed by atoms with Crippen LogP contribution in [0.5, 0.6) is 0 Å². The summed E-state index contributed by atoms with van der Waals surface area (Å²) in [7, 11) is -16.4. The number of carbonyl (C=O) groups excluding carboxylic acids is 3. The zero-order valence-corrected chi connectivity index (χ0v) is 43.3. The maximum absolute atomic E-state index is 13.0. The number of nitrogens with two attached hydrogens (primary N) is 1. The summed E-state index contributed by atoms with van der Waals surface area (Å²) in [5.41, 5.74) is 6.68. The Morgan fingerprint density at radius 2 is 1.41 bits per heavy atom. The monoisotopic (exact) mass is 1050 g/mol. The Hall–Kier alpha value is -3.57. The number of aliphatic hydroxyl groups is 2. The van der Waals surface area contributed by atoms with Crippen LogP contribution in [0.2, 0.25) is 0 Å². The van der Waals surface area contributed by atoms with E-state index in [1.807, 2.05) is 13.8 Å². The van der Waals surface area contributed by atoms with Gasteiger partial charge in [-0.3, -0.25) is 32.5 Å². The number of aryl methyl sites for hydroxylation is 2. The lowest BCUT2D eigenvalue weighted by Gasteiger charge is -2.30. The molecule has 27 heteroatoms. The van der Waals surface area contributed by atoms with E-state index in [0.717, 1.165) is 42.9 Å². The number of aromatic nitrogens is 4. The number of phosphoric acid groups is 3. The number of amides is 2. The number of ether oxygens (including phenoxy) is 1. The second-order valence-electron chi connectivity index (χ2n) is 19.9. The normalized spacial score (nSPS) is 20.2. The molecule has 394 valence electrons. The number of Topliss-reactive ketones (excluding diaryl/α,β-unsaturated/α-hetero) is 1. The lowest BCUT2D eigenvalue weighted by molar-refractivity contribution is -0.137. The van der Waals surface area contributed by atoms with Crippen molar-refractivity contribution in [1.29, 1.82) is 0 Å². The van der Waals surface area contributed by atoms with Crippen molar-refractivity contribution in [3.05, 3.63) is 48.0 Å². The van der Waals surface area contributed by atoms with Gasteiger partial charge in [-0.2, -0.15) is 4.31 Å². The molecule has 10 N–H and O–H groups in total. The number of phosphoric ester groups is 3. The lowest BCUT2D eigenvalue weighted by Crippen LogP contribution is -2.46. The first kappa shape index (κ1) is 59.0. The molecule has 1 saturated heterocycles. The maximum Gasteiger partial charge on any atom is 0.481 e. The van der Waals surface area contributed by atoms with Crippen LogP contribution in [0.3, 0.4) is 0 Å². The van der Waals surface area contributed by atoms with Gasteiger partial charge < -0.3 is 50.9 Å². The molecule has 4 rings (SSSR count). The van der Waals surface area contributed by atoms with Crippen molar-refractivity contribution in [2.45, 2.75) is 143 Å². The molecule has 2 amide bonds. The van der Waals surface area contributed by atoms with Crippen molar-refractivity contribution in [3.63, 3.8) is 0 Å². The Labute approximate surface area is 407 Å². The van der Waals surface area contributed by atoms with Crippen molar-refractivity contribution >= 4 is 58.0 Å². The van der Waals surface area contributed by atoms with Crippen LogP contribution in [0.25, 0.3) is 11.2 Å². The van der Waals surface area contributed by atoms with E-state index in [1.54, 1.807) is 0 Å². The number of unbranched alkanes of at least 4 members (excludes halogenated alkanes) is 2. The average Bonchev–Trinajstić information content (AvgIpc) is 3.82. The number of aliphatic hydroxyl groups excluding tert-OH is 2. The number of imidazole rings is 1. The van der Waals surface area contributed by atoms with E-state index < -0.39 is 90.0 Å². The molecule has 70 heavy (non-hydrogen) atoms. The Morgan fingerprint density at radius 1 is 0.829 bits per heavy atom. The second-order valence-corrected chi connectivity index (χ2v) is 24.2. The molecular formula is C43H70N7O17P3. The van der Waals surface area contributed by atoms with Crippen LogP contribution in [0, 0.1) is 16.2 Å². The molecule has 3 aromatic rings. The fourth-order valence-corrected chi connectivity index (χ4v) is 10.3. The van der Waals surface area contributed by atoms with Crippen LogP contribution in [0.1, 0.15) is 117 Å². The fraction of sp³-hybridized carbons (Fsp3) is 0.674. The first-order valence-electron chi connectivity index (χ1n) is 22.9. The summed E-state index contributed by atoms with van der Waals surface area (Å²) in [5, 5.41) is 26.7. The summed E-state index contributed by atoms with van der Waals surface area (Å²) < 4.78 is 62.6. The topological polar surface area (TPSA) is 364 Å². The lowest BCUT2D eigenvalue weighted by atomic mass is 9.81. The molecule has 1 aliphatic heterocycles. The van der Waals surface area contributed by atoms with Gasteiger partial charge in [0.1, 0.15) is 42.0 Å². The number of anilines is 1. The highest BCUT2D eigenvalue weighted by molar-refractivity contribution is 7.61. The summed E-state index contributed by atoms with van der Waals surface area (Å²) >= 11 is 0. The Balaban J connectivity index is 1.14. The zero-order chi connectivity index (χ0) is 52.3. The molecule has 1 aromatic carbocycles. The standard InChI is InChI=1S/C43H70N7O17P3/c1-41(2,3)20-10-8-12-28-14-16-29(17-15-28)13-9-11-21-42(4,5)31(51)18-22-45-32(52)19-23-46-39(55)36(54)43(6,7)25-64-70(61,62)67-69(59,60)63-24-30-35(66-68(56,57)58)34(53)40(65-30)50-27-49-33-37(44)47-26-48-38(33)50/h14-17,26-27,30,34-36,40,53-54H,8-13,18-25H2,1-7H3,(H,45,52)(H,46,55)(H,59,60)(H,61,62)(H2,44,47,48)(H2,56,57,58). The minimum Gasteiger partial charge on any atom is -0.386 e. The molecule has 3 heterocycles. The SMILES string of the molecule is CC(C)(C)CCCCc1ccc(CCCCC(C)(C)C(=O)CCNC(=O)CCNC(=O)C(O)C(C)(C)COP(=O)(O)OP(=O)(O)OCC2OC(n3cnc4c(N)ncnc43)C(O)C2OP(=O)(O)O)cc1. The van der Waals surface area contributed by atoms with Gasteiger partial charge in [0.2, 0.25) is 11.8 Å². The smallest absolute Gasteiger partial charge is 0.386 e. The van der Waals surface area contributed by atoms with Gasteiger partial charge >= 0.3 is 23.5 Å². The summed E-state index contributed by atoms with van der Waals surface area (Å²) in [6.45, 7) is 11.0. The number of carbonyl (C=O) groups is 3. The van der Waals surface area contributed by atoms with Crippen molar-refractivity contribution in [2.75, 3.05) is 32.0 Å². The van der Waals surface area contributed by atoms with E-state index in [2.05, 4.69) is 79.5 Å². The number of hydrogen-bond acceptors (Lipinski definition) is 17. The average molecular weight is 1050 g/mol. The van der Waals surface area contributed by atoms with Crippen LogP contribution in [-0.2, 0) is 63.5 Å². The molecule has 0 radical (unpaired) electrons. The minimum absolute atomic E-state index is 0.0120. The van der Waals surface area contributed by atoms with Crippen LogP contribution in [-0.4, -0.2) is 118 Å². The highest BCUT2D eigenvalue weighted by atomic mass is 31.3. The molecule has 1 aliphatic rings. The number of rotatable bonds is 29. The third-order valence-corrected chi connectivity index (χ3v) is 14.8. The van der Waals surface area contributed by atoms with Crippen molar-refractivity contribution in [3.8, 4) is 0 Å². The van der Waals surface area contributed by atoms with Gasteiger partial charge in [-0.05, 0) is 55.1 Å². The van der Waals surface area contributed by atoms with Crippen molar-refractivity contribution in [1.82, 2.24) is 30.2 Å². The highest BCUT2D eigenvalue weighted by Gasteiger charge is 2.50. The Morgan fingerprint density at radius 3 is 2.01 bits per heavy atom. The number of fused-ring (bicyclic) bond motifs is 1. The van der Waals surface area contributed by atoms with Gasteiger partial charge in [0, 0.05) is 36.8 Å². The number of nitrogens with zero attached hydrogens (tertiary/aromatic N) is 4. The molecule has 7 unspecified atom stereocenters. The molecule has 0 aliphatic carbocycles. The summed E-state index contributed by atoms with van der Waals surface area (Å²) in [6.07, 6.45) is 1.29. The van der Waals surface area contributed by atoms with Gasteiger partial charge in [0.15, 0.2) is 17.7 Å². The first-order chi connectivity index (χ1) is 32.4. The third kappa shape index (κ3) is 18.8. The minimum atomic E-state index is -5.59. The zero-order valence-electron chi connectivity index (χ0n) is 40.6. The quantitative estimate of drug-likeness (QED) is 0.0340. The van der Waals surface area contributed by atoms with E-state index in [0.29, 0.717) is 11.8 Å². The van der Waals surface area contributed by atoms with Crippen LogP contribution >= 0.6 is 23.5 Å². The molecular weight excluding hydrogens is 979 g/mol. The van der Waals surface area contributed by atoms with Gasteiger partial charge in [-0.25, -0.2) is 28.6 Å². The Bertz CT molecular complexity index is 2370. The third-order valence-electron chi connectivity index (χ3n) is 11.7. The second kappa shape index (κ2) is 24.9. The summed E-state index contributed by atoms with van der Waals surface area (Å²) in [4.78, 5) is 89.6. The number of benzene rings is 1. The molecule has 0 saturated carbocycles. The predicted molar refractivity (Wildman–Crippen MR) is 254 cm³/mol. The summed E-state index contributed by atoms with van der Waals surface area (Å²) in [6, 6.07) is 8.79. The van der Waals surface area contributed by atoms with E-state index in [-0.39, 0.29) is 48.7 Å². The van der Waals surface area contributed by atoms with Gasteiger partial charge in [-0.15, -0.1) is 0 Å². The van der Waals surface area contributed by atoms with E-state index in [4.69, 9.17) is 19.5 Å². The molecule has 0 bridgehead atoms. The van der Waals surface area contributed by atoms with Crippen LogP contribution in [0.4, 0.5) is 5.82 Å². The molecule has 1 fully saturated rings. The molecule has 7 atom stereocenters. The van der Waals surface area contributed by atoms with Crippen LogP contribution in [0.15, 0.2) is 36.9 Å². The summed E-state index contributed by atoms with van der Waals surface area (Å²) in [5.74, 6) is -1.47. The molecule has 24 nitrogen and oxygen atoms in total. The number of nitrogen functional groups attached to an aromatic ring is 1.